The highest BCUT2D eigenvalue weighted by molar-refractivity contribution is 5.85. The van der Waals surface area contributed by atoms with Gasteiger partial charge in [-0.3, -0.25) is 4.79 Å². The number of nitrogens with two attached hydrogens (primary N) is 1. The van der Waals surface area contributed by atoms with Gasteiger partial charge in [0, 0.05) is 19.5 Å². The topological polar surface area (TPSA) is 46.3 Å². The van der Waals surface area contributed by atoms with Crippen LogP contribution in [-0.4, -0.2) is 30.4 Å². The van der Waals surface area contributed by atoms with Gasteiger partial charge in [0.2, 0.25) is 5.91 Å². The lowest BCUT2D eigenvalue weighted by Gasteiger charge is -2.16. The molecular formula is C17H27ClN2O. The Morgan fingerprint density at radius 3 is 2.62 bits per heavy atom. The van der Waals surface area contributed by atoms with Gasteiger partial charge in [-0.05, 0) is 50.6 Å². The Kier molecular flexibility index (Phi) is 7.76. The van der Waals surface area contributed by atoms with Crippen molar-refractivity contribution in [1.29, 1.82) is 0 Å². The second-order valence-corrected chi connectivity index (χ2v) is 5.92. The molecule has 1 saturated heterocycles. The second-order valence-electron chi connectivity index (χ2n) is 5.92. The fourth-order valence-electron chi connectivity index (χ4n) is 2.77. The molecule has 1 unspecified atom stereocenters. The van der Waals surface area contributed by atoms with Crippen LogP contribution in [-0.2, 0) is 11.2 Å². The van der Waals surface area contributed by atoms with Gasteiger partial charge >= 0.3 is 0 Å². The van der Waals surface area contributed by atoms with E-state index in [-0.39, 0.29) is 12.4 Å². The number of hydrogen-bond donors (Lipinski definition) is 1. The van der Waals surface area contributed by atoms with Crippen LogP contribution in [0, 0.1) is 12.8 Å². The minimum absolute atomic E-state index is 0. The number of amides is 1. The highest BCUT2D eigenvalue weighted by Crippen LogP contribution is 2.17. The number of hydrogen-bond acceptors (Lipinski definition) is 2. The van der Waals surface area contributed by atoms with Crippen LogP contribution in [0.1, 0.15) is 36.8 Å². The van der Waals surface area contributed by atoms with Gasteiger partial charge in [0.05, 0.1) is 0 Å². The molecule has 1 aliphatic rings. The van der Waals surface area contributed by atoms with Crippen molar-refractivity contribution in [2.45, 2.75) is 39.0 Å². The fourth-order valence-corrected chi connectivity index (χ4v) is 2.77. The van der Waals surface area contributed by atoms with E-state index in [0.717, 1.165) is 38.8 Å². The van der Waals surface area contributed by atoms with E-state index in [1.807, 2.05) is 4.90 Å². The highest BCUT2D eigenvalue weighted by atomic mass is 35.5. The van der Waals surface area contributed by atoms with Crippen molar-refractivity contribution in [3.63, 3.8) is 0 Å². The van der Waals surface area contributed by atoms with Crippen LogP contribution < -0.4 is 5.73 Å². The summed E-state index contributed by atoms with van der Waals surface area (Å²) >= 11 is 0. The fraction of sp³-hybridized carbons (Fsp3) is 0.588. The zero-order valence-corrected chi connectivity index (χ0v) is 13.7. The molecule has 1 heterocycles. The summed E-state index contributed by atoms with van der Waals surface area (Å²) in [6, 6.07) is 8.67. The first-order chi connectivity index (χ1) is 9.69. The molecule has 1 fully saturated rings. The first kappa shape index (κ1) is 18.0. The van der Waals surface area contributed by atoms with Crippen molar-refractivity contribution in [1.82, 2.24) is 4.90 Å². The number of halogens is 1. The summed E-state index contributed by atoms with van der Waals surface area (Å²) in [5.74, 6) is 0.830. The van der Waals surface area contributed by atoms with Crippen molar-refractivity contribution in [3.05, 3.63) is 35.4 Å². The van der Waals surface area contributed by atoms with E-state index in [1.165, 1.54) is 11.1 Å². The molecule has 21 heavy (non-hydrogen) atoms. The number of aryl methyl sites for hydroxylation is 2. The standard InChI is InChI=1S/C17H26N2O.ClH/c1-14-6-8-15(9-7-14)4-2-3-5-17(20)19-11-10-16(12-18)13-19;/h6-9,16H,2-5,10-13,18H2,1H3;1H. The number of rotatable bonds is 6. The van der Waals surface area contributed by atoms with Crippen molar-refractivity contribution in [2.24, 2.45) is 11.7 Å². The van der Waals surface area contributed by atoms with E-state index < -0.39 is 0 Å². The molecule has 1 aromatic rings. The number of likely N-dealkylation sites (tertiary alicyclic amines) is 1. The van der Waals surface area contributed by atoms with E-state index in [2.05, 4.69) is 31.2 Å². The third-order valence-electron chi connectivity index (χ3n) is 4.20. The third-order valence-corrected chi connectivity index (χ3v) is 4.20. The summed E-state index contributed by atoms with van der Waals surface area (Å²) in [5, 5.41) is 0. The summed E-state index contributed by atoms with van der Waals surface area (Å²) in [5.41, 5.74) is 8.32. The number of unbranched alkanes of at least 4 members (excludes halogenated alkanes) is 1. The predicted molar refractivity (Wildman–Crippen MR) is 89.7 cm³/mol. The molecule has 1 amide bonds. The first-order valence-electron chi connectivity index (χ1n) is 7.72. The van der Waals surface area contributed by atoms with Gasteiger partial charge in [0.1, 0.15) is 0 Å². The Morgan fingerprint density at radius 1 is 1.29 bits per heavy atom. The second kappa shape index (κ2) is 9.06. The molecule has 4 heteroatoms. The van der Waals surface area contributed by atoms with Gasteiger partial charge in [0.25, 0.3) is 0 Å². The Morgan fingerprint density at radius 2 is 2.00 bits per heavy atom. The normalized spacial score (nSPS) is 17.6. The maximum Gasteiger partial charge on any atom is 0.222 e. The van der Waals surface area contributed by atoms with E-state index in [1.54, 1.807) is 0 Å². The Labute approximate surface area is 134 Å². The Balaban J connectivity index is 0.00000220. The molecule has 3 nitrogen and oxygen atoms in total. The minimum Gasteiger partial charge on any atom is -0.342 e. The Hall–Kier alpha value is -1.06. The van der Waals surface area contributed by atoms with Crippen molar-refractivity contribution >= 4 is 18.3 Å². The van der Waals surface area contributed by atoms with Gasteiger partial charge in [-0.25, -0.2) is 0 Å². The van der Waals surface area contributed by atoms with E-state index >= 15 is 0 Å². The summed E-state index contributed by atoms with van der Waals surface area (Å²) < 4.78 is 0. The van der Waals surface area contributed by atoms with Crippen molar-refractivity contribution in [2.75, 3.05) is 19.6 Å². The molecule has 0 bridgehead atoms. The zero-order valence-electron chi connectivity index (χ0n) is 12.9. The van der Waals surface area contributed by atoms with E-state index in [0.29, 0.717) is 24.8 Å². The smallest absolute Gasteiger partial charge is 0.222 e. The van der Waals surface area contributed by atoms with Crippen LogP contribution in [0.25, 0.3) is 0 Å². The summed E-state index contributed by atoms with van der Waals surface area (Å²) in [7, 11) is 0. The molecule has 0 saturated carbocycles. The molecule has 2 N–H and O–H groups in total. The molecule has 0 spiro atoms. The lowest BCUT2D eigenvalue weighted by Crippen LogP contribution is -2.29. The highest BCUT2D eigenvalue weighted by Gasteiger charge is 2.24. The van der Waals surface area contributed by atoms with Crippen LogP contribution in [0.15, 0.2) is 24.3 Å². The van der Waals surface area contributed by atoms with Crippen LogP contribution in [0.2, 0.25) is 0 Å². The number of nitrogens with zero attached hydrogens (tertiary/aromatic N) is 1. The molecule has 1 atom stereocenters. The maximum atomic E-state index is 12.0. The molecule has 118 valence electrons. The SMILES string of the molecule is Cc1ccc(CCCCC(=O)N2CCC(CN)C2)cc1.Cl. The average molecular weight is 311 g/mol. The number of carbonyl (C=O) groups is 1. The molecular weight excluding hydrogens is 284 g/mol. The average Bonchev–Trinajstić information content (AvgIpc) is 2.94. The number of carbonyl (C=O) groups excluding carboxylic acids is 1. The monoisotopic (exact) mass is 310 g/mol. The first-order valence-corrected chi connectivity index (χ1v) is 7.72. The van der Waals surface area contributed by atoms with Gasteiger partial charge in [-0.15, -0.1) is 12.4 Å². The Bertz CT molecular complexity index is 433. The lowest BCUT2D eigenvalue weighted by molar-refractivity contribution is -0.130. The zero-order chi connectivity index (χ0) is 14.4. The molecule has 0 aromatic heterocycles. The van der Waals surface area contributed by atoms with Gasteiger partial charge < -0.3 is 10.6 Å². The molecule has 0 radical (unpaired) electrons. The molecule has 1 aromatic carbocycles. The van der Waals surface area contributed by atoms with Crippen LogP contribution in [0.4, 0.5) is 0 Å². The largest absolute Gasteiger partial charge is 0.342 e. The summed E-state index contributed by atoms with van der Waals surface area (Å²) in [4.78, 5) is 14.0. The van der Waals surface area contributed by atoms with E-state index in [4.69, 9.17) is 5.73 Å². The van der Waals surface area contributed by atoms with Crippen LogP contribution in [0.3, 0.4) is 0 Å². The molecule has 2 rings (SSSR count). The van der Waals surface area contributed by atoms with Crippen LogP contribution in [0.5, 0.6) is 0 Å². The molecule has 0 aliphatic carbocycles. The van der Waals surface area contributed by atoms with Crippen molar-refractivity contribution < 1.29 is 4.79 Å². The van der Waals surface area contributed by atoms with Gasteiger partial charge in [-0.1, -0.05) is 29.8 Å². The third kappa shape index (κ3) is 5.68. The maximum absolute atomic E-state index is 12.0. The van der Waals surface area contributed by atoms with E-state index in [9.17, 15) is 4.79 Å². The summed E-state index contributed by atoms with van der Waals surface area (Å²) in [6.45, 7) is 4.58. The van der Waals surface area contributed by atoms with Gasteiger partial charge in [-0.2, -0.15) is 0 Å². The van der Waals surface area contributed by atoms with Crippen molar-refractivity contribution in [3.8, 4) is 0 Å². The minimum atomic E-state index is 0. The van der Waals surface area contributed by atoms with Gasteiger partial charge in [0.15, 0.2) is 0 Å². The summed E-state index contributed by atoms with van der Waals surface area (Å²) in [6.07, 6.45) is 4.90. The number of benzene rings is 1. The molecule has 1 aliphatic heterocycles. The lowest BCUT2D eigenvalue weighted by atomic mass is 10.1. The predicted octanol–water partition coefficient (Wildman–Crippen LogP) is 2.94. The quantitative estimate of drug-likeness (QED) is 0.821. The van der Waals surface area contributed by atoms with Crippen LogP contribution >= 0.6 is 12.4 Å².